The standard InChI is InChI=1S/C19H21N3/c1-15-7-9-16(10-8-15)11-12-19-21-17-5-2-3-6-18(17)22(19)14-4-13-20/h2-3,5-12H,4,13-14,20H2,1H3/b12-11+. The van der Waals surface area contributed by atoms with Crippen molar-refractivity contribution in [3.63, 3.8) is 0 Å². The van der Waals surface area contributed by atoms with Crippen LogP contribution >= 0.6 is 0 Å². The number of imidazole rings is 1. The average molecular weight is 291 g/mol. The van der Waals surface area contributed by atoms with E-state index in [2.05, 4.69) is 66.1 Å². The molecule has 2 N–H and O–H groups in total. The fourth-order valence-electron chi connectivity index (χ4n) is 2.55. The first-order valence-electron chi connectivity index (χ1n) is 7.68. The zero-order valence-electron chi connectivity index (χ0n) is 12.9. The molecule has 1 aromatic heterocycles. The van der Waals surface area contributed by atoms with Crippen LogP contribution in [0.3, 0.4) is 0 Å². The minimum absolute atomic E-state index is 0.688. The Morgan fingerprint density at radius 1 is 1.05 bits per heavy atom. The molecule has 0 aliphatic carbocycles. The van der Waals surface area contributed by atoms with Crippen LogP contribution in [-0.4, -0.2) is 16.1 Å². The third-order valence-electron chi connectivity index (χ3n) is 3.77. The molecule has 0 unspecified atom stereocenters. The normalized spacial score (nSPS) is 11.5. The number of benzene rings is 2. The largest absolute Gasteiger partial charge is 0.330 e. The highest BCUT2D eigenvalue weighted by Gasteiger charge is 2.07. The predicted molar refractivity (Wildman–Crippen MR) is 93.5 cm³/mol. The van der Waals surface area contributed by atoms with Crippen LogP contribution in [0.25, 0.3) is 23.2 Å². The first kappa shape index (κ1) is 14.5. The van der Waals surface area contributed by atoms with Gasteiger partial charge in [-0.3, -0.25) is 0 Å². The topological polar surface area (TPSA) is 43.8 Å². The van der Waals surface area contributed by atoms with Gasteiger partial charge in [-0.25, -0.2) is 4.98 Å². The summed E-state index contributed by atoms with van der Waals surface area (Å²) in [6.45, 7) is 3.68. The highest BCUT2D eigenvalue weighted by atomic mass is 15.1. The van der Waals surface area contributed by atoms with Crippen LogP contribution in [0.1, 0.15) is 23.4 Å². The Hall–Kier alpha value is -2.39. The fraction of sp³-hybridized carbons (Fsp3) is 0.211. The maximum atomic E-state index is 5.67. The minimum Gasteiger partial charge on any atom is -0.330 e. The second kappa shape index (κ2) is 6.58. The fourth-order valence-corrected chi connectivity index (χ4v) is 2.55. The molecule has 2 aromatic carbocycles. The molecule has 0 bridgehead atoms. The van der Waals surface area contributed by atoms with Crippen LogP contribution in [0.5, 0.6) is 0 Å². The van der Waals surface area contributed by atoms with E-state index in [1.54, 1.807) is 0 Å². The minimum atomic E-state index is 0.688. The van der Waals surface area contributed by atoms with Gasteiger partial charge in [-0.15, -0.1) is 0 Å². The van der Waals surface area contributed by atoms with Crippen molar-refractivity contribution in [2.75, 3.05) is 6.54 Å². The predicted octanol–water partition coefficient (Wildman–Crippen LogP) is 3.86. The maximum absolute atomic E-state index is 5.67. The van der Waals surface area contributed by atoms with Gasteiger partial charge in [0.2, 0.25) is 0 Å². The molecule has 1 heterocycles. The molecule has 22 heavy (non-hydrogen) atoms. The van der Waals surface area contributed by atoms with Crippen molar-refractivity contribution in [1.29, 1.82) is 0 Å². The molecule has 0 spiro atoms. The van der Waals surface area contributed by atoms with E-state index in [1.165, 1.54) is 16.6 Å². The van der Waals surface area contributed by atoms with Gasteiger partial charge in [0, 0.05) is 6.54 Å². The molecule has 0 aliphatic rings. The molecule has 0 atom stereocenters. The molecule has 3 aromatic rings. The van der Waals surface area contributed by atoms with E-state index in [0.717, 1.165) is 24.3 Å². The second-order valence-electron chi connectivity index (χ2n) is 5.50. The van der Waals surface area contributed by atoms with E-state index in [-0.39, 0.29) is 0 Å². The lowest BCUT2D eigenvalue weighted by Gasteiger charge is -2.05. The van der Waals surface area contributed by atoms with Crippen LogP contribution in [-0.2, 0) is 6.54 Å². The summed E-state index contributed by atoms with van der Waals surface area (Å²) in [5, 5.41) is 0. The molecule has 3 nitrogen and oxygen atoms in total. The van der Waals surface area contributed by atoms with Crippen molar-refractivity contribution < 1.29 is 0 Å². The van der Waals surface area contributed by atoms with E-state index in [0.29, 0.717) is 6.54 Å². The molecule has 0 saturated carbocycles. The van der Waals surface area contributed by atoms with E-state index >= 15 is 0 Å². The Kier molecular flexibility index (Phi) is 4.35. The number of para-hydroxylation sites is 2. The SMILES string of the molecule is Cc1ccc(/C=C/c2nc3ccccc3n2CCCN)cc1. The van der Waals surface area contributed by atoms with Gasteiger partial charge in [0.1, 0.15) is 5.82 Å². The van der Waals surface area contributed by atoms with Crippen molar-refractivity contribution in [3.8, 4) is 0 Å². The zero-order valence-corrected chi connectivity index (χ0v) is 12.9. The molecule has 0 radical (unpaired) electrons. The van der Waals surface area contributed by atoms with Crippen molar-refractivity contribution in [2.24, 2.45) is 5.73 Å². The molecular formula is C19H21N3. The van der Waals surface area contributed by atoms with Gasteiger partial charge in [0.25, 0.3) is 0 Å². The second-order valence-corrected chi connectivity index (χ2v) is 5.50. The third kappa shape index (κ3) is 3.10. The molecule has 3 rings (SSSR count). The number of fused-ring (bicyclic) bond motifs is 1. The summed E-state index contributed by atoms with van der Waals surface area (Å²) in [5.74, 6) is 0.982. The molecule has 0 amide bonds. The van der Waals surface area contributed by atoms with Gasteiger partial charge < -0.3 is 10.3 Å². The summed E-state index contributed by atoms with van der Waals surface area (Å²) in [4.78, 5) is 4.73. The molecule has 0 saturated heterocycles. The summed E-state index contributed by atoms with van der Waals surface area (Å²) in [6, 6.07) is 16.7. The summed E-state index contributed by atoms with van der Waals surface area (Å²) in [6.07, 6.45) is 5.15. The highest BCUT2D eigenvalue weighted by molar-refractivity contribution is 5.79. The number of hydrogen-bond donors (Lipinski definition) is 1. The number of nitrogens with two attached hydrogens (primary N) is 1. The Bertz CT molecular complexity index is 782. The van der Waals surface area contributed by atoms with Gasteiger partial charge >= 0.3 is 0 Å². The number of hydrogen-bond acceptors (Lipinski definition) is 2. The Morgan fingerprint density at radius 3 is 2.59 bits per heavy atom. The van der Waals surface area contributed by atoms with Gasteiger partial charge in [-0.1, -0.05) is 48.0 Å². The van der Waals surface area contributed by atoms with Gasteiger partial charge in [0.05, 0.1) is 11.0 Å². The molecule has 0 fully saturated rings. The highest BCUT2D eigenvalue weighted by Crippen LogP contribution is 2.18. The smallest absolute Gasteiger partial charge is 0.133 e. The van der Waals surface area contributed by atoms with Crippen LogP contribution in [0.2, 0.25) is 0 Å². The monoisotopic (exact) mass is 291 g/mol. The summed E-state index contributed by atoms with van der Waals surface area (Å²) in [5.41, 5.74) is 10.3. The van der Waals surface area contributed by atoms with Crippen LogP contribution < -0.4 is 5.73 Å². The molecule has 3 heteroatoms. The first-order chi connectivity index (χ1) is 10.8. The van der Waals surface area contributed by atoms with Crippen molar-refractivity contribution in [2.45, 2.75) is 19.9 Å². The van der Waals surface area contributed by atoms with Gasteiger partial charge in [0.15, 0.2) is 0 Å². The van der Waals surface area contributed by atoms with E-state index in [4.69, 9.17) is 10.7 Å². The number of nitrogens with zero attached hydrogens (tertiary/aromatic N) is 2. The van der Waals surface area contributed by atoms with Gasteiger partial charge in [-0.2, -0.15) is 0 Å². The lowest BCUT2D eigenvalue weighted by Crippen LogP contribution is -2.07. The Balaban J connectivity index is 1.96. The number of aromatic nitrogens is 2. The number of rotatable bonds is 5. The molecule has 0 aliphatic heterocycles. The van der Waals surface area contributed by atoms with E-state index in [1.807, 2.05) is 6.07 Å². The zero-order chi connectivity index (χ0) is 15.4. The molecular weight excluding hydrogens is 270 g/mol. The van der Waals surface area contributed by atoms with Crippen molar-refractivity contribution in [1.82, 2.24) is 9.55 Å². The number of aryl methyl sites for hydroxylation is 2. The first-order valence-corrected chi connectivity index (χ1v) is 7.68. The van der Waals surface area contributed by atoms with Crippen LogP contribution in [0.4, 0.5) is 0 Å². The van der Waals surface area contributed by atoms with Crippen LogP contribution in [0.15, 0.2) is 48.5 Å². The van der Waals surface area contributed by atoms with Crippen molar-refractivity contribution >= 4 is 23.2 Å². The Morgan fingerprint density at radius 2 is 1.82 bits per heavy atom. The maximum Gasteiger partial charge on any atom is 0.133 e. The summed E-state index contributed by atoms with van der Waals surface area (Å²) < 4.78 is 2.24. The lowest BCUT2D eigenvalue weighted by molar-refractivity contribution is 0.661. The average Bonchev–Trinajstić information content (AvgIpc) is 2.90. The van der Waals surface area contributed by atoms with E-state index < -0.39 is 0 Å². The van der Waals surface area contributed by atoms with Crippen molar-refractivity contribution in [3.05, 3.63) is 65.5 Å². The Labute approximate surface area is 131 Å². The van der Waals surface area contributed by atoms with Gasteiger partial charge in [-0.05, 0) is 43.7 Å². The molecule has 112 valence electrons. The summed E-state index contributed by atoms with van der Waals surface area (Å²) >= 11 is 0. The lowest BCUT2D eigenvalue weighted by atomic mass is 10.1. The van der Waals surface area contributed by atoms with Crippen LogP contribution in [0, 0.1) is 6.92 Å². The quantitative estimate of drug-likeness (QED) is 0.775. The van der Waals surface area contributed by atoms with E-state index in [9.17, 15) is 0 Å². The summed E-state index contributed by atoms with van der Waals surface area (Å²) in [7, 11) is 0. The third-order valence-corrected chi connectivity index (χ3v) is 3.77.